The van der Waals surface area contributed by atoms with Gasteiger partial charge in [0, 0.05) is 17.1 Å². The molecule has 0 atom stereocenters. The summed E-state index contributed by atoms with van der Waals surface area (Å²) in [5.41, 5.74) is 1.80. The molecule has 0 aromatic carbocycles. The van der Waals surface area contributed by atoms with E-state index in [0.29, 0.717) is 6.54 Å². The maximum Gasteiger partial charge on any atom is 0.192 e. The molecule has 0 aliphatic carbocycles. The second kappa shape index (κ2) is 5.73. The number of anilines is 1. The van der Waals surface area contributed by atoms with Crippen LogP contribution < -0.4 is 5.32 Å². The Bertz CT molecular complexity index is 713. The van der Waals surface area contributed by atoms with Crippen molar-refractivity contribution < 1.29 is 8.42 Å². The molecule has 2 rings (SSSR count). The zero-order valence-corrected chi connectivity index (χ0v) is 14.2. The lowest BCUT2D eigenvalue weighted by Gasteiger charge is -2.13. The van der Waals surface area contributed by atoms with Crippen LogP contribution in [0.25, 0.3) is 0 Å². The fourth-order valence-electron chi connectivity index (χ4n) is 1.63. The minimum absolute atomic E-state index is 0.0571. The number of pyridine rings is 1. The molecule has 0 aliphatic heterocycles. The quantitative estimate of drug-likeness (QED) is 0.936. The van der Waals surface area contributed by atoms with E-state index in [4.69, 9.17) is 0 Å². The molecule has 0 spiro atoms. The van der Waals surface area contributed by atoms with Crippen LogP contribution in [0.3, 0.4) is 0 Å². The molecule has 0 unspecified atom stereocenters. The number of thiazole rings is 1. The molecule has 0 fully saturated rings. The molecule has 2 aromatic rings. The van der Waals surface area contributed by atoms with E-state index in [1.54, 1.807) is 17.4 Å². The molecule has 0 bridgehead atoms. The molecule has 5 nitrogen and oxygen atoms in total. The van der Waals surface area contributed by atoms with E-state index >= 15 is 0 Å². The first-order valence-corrected chi connectivity index (χ1v) is 9.28. The van der Waals surface area contributed by atoms with Gasteiger partial charge in [-0.2, -0.15) is 0 Å². The lowest BCUT2D eigenvalue weighted by molar-refractivity contribution is 0.583. The highest BCUT2D eigenvalue weighted by Crippen LogP contribution is 2.25. The average molecular weight is 325 g/mol. The van der Waals surface area contributed by atoms with Gasteiger partial charge in [-0.15, -0.1) is 11.3 Å². The van der Waals surface area contributed by atoms with E-state index < -0.39 is 9.84 Å². The summed E-state index contributed by atoms with van der Waals surface area (Å²) in [6.45, 7) is 7.00. The van der Waals surface area contributed by atoms with Crippen LogP contribution in [0.5, 0.6) is 0 Å². The molecule has 21 heavy (non-hydrogen) atoms. The van der Waals surface area contributed by atoms with E-state index in [9.17, 15) is 8.42 Å². The lowest BCUT2D eigenvalue weighted by Crippen LogP contribution is -2.11. The summed E-state index contributed by atoms with van der Waals surface area (Å²) < 4.78 is 22.7. The number of hydrogen-bond donors (Lipinski definition) is 1. The Hall–Kier alpha value is -1.47. The summed E-state index contributed by atoms with van der Waals surface area (Å²) in [4.78, 5) is 8.53. The largest absolute Gasteiger partial charge is 0.378 e. The van der Waals surface area contributed by atoms with Gasteiger partial charge in [-0.25, -0.2) is 18.4 Å². The Balaban J connectivity index is 2.02. The normalized spacial score (nSPS) is 12.4. The Morgan fingerprint density at radius 2 is 2.00 bits per heavy atom. The zero-order chi connectivity index (χ0) is 15.7. The summed E-state index contributed by atoms with van der Waals surface area (Å²) >= 11 is 1.65. The minimum Gasteiger partial charge on any atom is -0.378 e. The van der Waals surface area contributed by atoms with Crippen LogP contribution in [0.2, 0.25) is 0 Å². The molecular formula is C14H19N3O2S2. The van der Waals surface area contributed by atoms with Crippen LogP contribution in [0.15, 0.2) is 28.7 Å². The third-order valence-electron chi connectivity index (χ3n) is 2.78. The summed E-state index contributed by atoms with van der Waals surface area (Å²) in [5.74, 6) is 0. The Labute approximate surface area is 129 Å². The van der Waals surface area contributed by atoms with Crippen molar-refractivity contribution in [2.45, 2.75) is 37.8 Å². The van der Waals surface area contributed by atoms with Crippen LogP contribution in [0.1, 0.15) is 31.5 Å². The first-order valence-electron chi connectivity index (χ1n) is 6.51. The molecule has 0 saturated heterocycles. The van der Waals surface area contributed by atoms with Crippen LogP contribution in [-0.4, -0.2) is 24.6 Å². The predicted molar refractivity (Wildman–Crippen MR) is 85.5 cm³/mol. The molecule has 7 heteroatoms. The van der Waals surface area contributed by atoms with Crippen molar-refractivity contribution in [3.05, 3.63) is 34.4 Å². The van der Waals surface area contributed by atoms with Gasteiger partial charge in [-0.1, -0.05) is 20.8 Å². The number of sulfone groups is 1. The first kappa shape index (κ1) is 15.9. The summed E-state index contributed by atoms with van der Waals surface area (Å²) in [6.07, 6.45) is 2.67. The monoisotopic (exact) mass is 325 g/mol. The highest BCUT2D eigenvalue weighted by Gasteiger charge is 2.17. The highest BCUT2D eigenvalue weighted by molar-refractivity contribution is 7.90. The minimum atomic E-state index is -3.25. The summed E-state index contributed by atoms with van der Waals surface area (Å²) in [5, 5.41) is 6.41. The predicted octanol–water partition coefficient (Wildman–Crippen LogP) is 2.85. The van der Waals surface area contributed by atoms with Gasteiger partial charge in [0.05, 0.1) is 29.1 Å². The number of rotatable bonds is 4. The van der Waals surface area contributed by atoms with Gasteiger partial charge in [0.25, 0.3) is 0 Å². The van der Waals surface area contributed by atoms with Crippen LogP contribution in [-0.2, 0) is 21.8 Å². The van der Waals surface area contributed by atoms with Gasteiger partial charge >= 0.3 is 0 Å². The van der Waals surface area contributed by atoms with Gasteiger partial charge in [0.1, 0.15) is 0 Å². The third-order valence-corrected chi connectivity index (χ3v) is 5.10. The smallest absolute Gasteiger partial charge is 0.192 e. The van der Waals surface area contributed by atoms with Crippen molar-refractivity contribution >= 4 is 26.9 Å². The maximum atomic E-state index is 11.3. The van der Waals surface area contributed by atoms with Gasteiger partial charge in [0.15, 0.2) is 14.9 Å². The fraction of sp³-hybridized carbons (Fsp3) is 0.429. The van der Waals surface area contributed by atoms with Gasteiger partial charge in [-0.05, 0) is 12.1 Å². The van der Waals surface area contributed by atoms with E-state index in [1.807, 2.05) is 5.38 Å². The molecule has 0 amide bonds. The van der Waals surface area contributed by atoms with Crippen LogP contribution >= 0.6 is 11.3 Å². The first-order chi connectivity index (χ1) is 9.66. The fourth-order valence-corrected chi connectivity index (χ4v) is 3.10. The lowest BCUT2D eigenvalue weighted by atomic mass is 9.98. The number of nitrogens with one attached hydrogen (secondary N) is 1. The third kappa shape index (κ3) is 4.25. The average Bonchev–Trinajstić information content (AvgIpc) is 2.84. The molecule has 0 saturated carbocycles. The maximum absolute atomic E-state index is 11.3. The van der Waals surface area contributed by atoms with Crippen molar-refractivity contribution in [1.29, 1.82) is 0 Å². The van der Waals surface area contributed by atoms with Crippen molar-refractivity contribution in [1.82, 2.24) is 9.97 Å². The van der Waals surface area contributed by atoms with Crippen LogP contribution in [0, 0.1) is 0 Å². The standard InChI is InChI=1S/C14H19N3O2S2/c1-14(2,3)13-17-11(9-20-13)8-15-10-5-6-12(16-7-10)21(4,18)19/h5-7,9,15H,8H2,1-4H3. The molecule has 2 heterocycles. The van der Waals surface area contributed by atoms with E-state index in [1.165, 1.54) is 12.3 Å². The van der Waals surface area contributed by atoms with Crippen LogP contribution in [0.4, 0.5) is 5.69 Å². The van der Waals surface area contributed by atoms with Gasteiger partial charge in [-0.3, -0.25) is 0 Å². The zero-order valence-electron chi connectivity index (χ0n) is 12.5. The number of nitrogens with zero attached hydrogens (tertiary/aromatic N) is 2. The Morgan fingerprint density at radius 3 is 2.48 bits per heavy atom. The van der Waals surface area contributed by atoms with E-state index in [2.05, 4.69) is 36.1 Å². The molecule has 2 aromatic heterocycles. The molecule has 114 valence electrons. The van der Waals surface area contributed by atoms with Gasteiger partial charge < -0.3 is 5.32 Å². The molecule has 0 radical (unpaired) electrons. The van der Waals surface area contributed by atoms with Crippen molar-refractivity contribution in [3.63, 3.8) is 0 Å². The second-order valence-electron chi connectivity index (χ2n) is 5.90. The molecule has 0 aliphatic rings. The Kier molecular flexibility index (Phi) is 4.34. The number of aromatic nitrogens is 2. The van der Waals surface area contributed by atoms with Gasteiger partial charge in [0.2, 0.25) is 0 Å². The van der Waals surface area contributed by atoms with Crippen molar-refractivity contribution in [2.24, 2.45) is 0 Å². The Morgan fingerprint density at radius 1 is 1.29 bits per heavy atom. The van der Waals surface area contributed by atoms with Crippen molar-refractivity contribution in [3.8, 4) is 0 Å². The van der Waals surface area contributed by atoms with E-state index in [0.717, 1.165) is 22.6 Å². The highest BCUT2D eigenvalue weighted by atomic mass is 32.2. The van der Waals surface area contributed by atoms with Crippen molar-refractivity contribution in [2.75, 3.05) is 11.6 Å². The molecular weight excluding hydrogens is 306 g/mol. The summed E-state index contributed by atoms with van der Waals surface area (Å²) in [7, 11) is -3.25. The molecule has 1 N–H and O–H groups in total. The SMILES string of the molecule is CC(C)(C)c1nc(CNc2ccc(S(C)(=O)=O)nc2)cs1. The number of hydrogen-bond acceptors (Lipinski definition) is 6. The second-order valence-corrected chi connectivity index (χ2v) is 8.73. The van der Waals surface area contributed by atoms with E-state index in [-0.39, 0.29) is 10.4 Å². The summed E-state index contributed by atoms with van der Waals surface area (Å²) in [6, 6.07) is 3.21. The topological polar surface area (TPSA) is 72.0 Å².